The summed E-state index contributed by atoms with van der Waals surface area (Å²) < 4.78 is 10.4. The molecule has 11 nitrogen and oxygen atoms in total. The molecule has 2 rings (SSSR count). The van der Waals surface area contributed by atoms with Crippen LogP contribution < -0.4 is 16.0 Å². The summed E-state index contributed by atoms with van der Waals surface area (Å²) in [7, 11) is 2.95. The maximum Gasteiger partial charge on any atom is 0.253 e. The van der Waals surface area contributed by atoms with E-state index in [1.807, 2.05) is 0 Å². The van der Waals surface area contributed by atoms with Crippen LogP contribution in [0.2, 0.25) is 0 Å². The van der Waals surface area contributed by atoms with Gasteiger partial charge in [0.1, 0.15) is 6.04 Å². The van der Waals surface area contributed by atoms with E-state index in [1.54, 1.807) is 24.3 Å². The Hall–Kier alpha value is -3.57. The number of anilines is 1. The number of carbonyl (C=O) groups excluding carboxylic acids is 5. The van der Waals surface area contributed by atoms with Crippen LogP contribution in [0.25, 0.3) is 0 Å². The molecular weight excluding hydrogens is 420 g/mol. The lowest BCUT2D eigenvalue weighted by molar-refractivity contribution is -0.137. The summed E-state index contributed by atoms with van der Waals surface area (Å²) in [6.45, 7) is 1.06. The SMILES string of the molecule is COC(OC)c1ccccc1NC(=O)[C@H](C)NC(=O)CNC(=O)CCN1C(=O)C=CC1=O. The number of imide groups is 1. The van der Waals surface area contributed by atoms with Crippen molar-refractivity contribution in [1.82, 2.24) is 15.5 Å². The van der Waals surface area contributed by atoms with E-state index in [1.165, 1.54) is 21.1 Å². The molecule has 0 spiro atoms. The molecule has 11 heteroatoms. The molecule has 0 aliphatic carbocycles. The molecule has 0 radical (unpaired) electrons. The van der Waals surface area contributed by atoms with E-state index in [-0.39, 0.29) is 19.5 Å². The van der Waals surface area contributed by atoms with Gasteiger partial charge in [-0.15, -0.1) is 0 Å². The highest BCUT2D eigenvalue weighted by atomic mass is 16.7. The van der Waals surface area contributed by atoms with E-state index in [0.29, 0.717) is 11.3 Å². The van der Waals surface area contributed by atoms with Gasteiger partial charge in [-0.25, -0.2) is 0 Å². The van der Waals surface area contributed by atoms with Crippen LogP contribution in [0.3, 0.4) is 0 Å². The van der Waals surface area contributed by atoms with Crippen LogP contribution >= 0.6 is 0 Å². The van der Waals surface area contributed by atoms with Gasteiger partial charge in [0, 0.05) is 50.6 Å². The summed E-state index contributed by atoms with van der Waals surface area (Å²) in [6.07, 6.45) is 1.44. The Morgan fingerprint density at radius 1 is 1.00 bits per heavy atom. The molecule has 1 atom stereocenters. The summed E-state index contributed by atoms with van der Waals surface area (Å²) >= 11 is 0. The Morgan fingerprint density at radius 2 is 1.62 bits per heavy atom. The third-order valence-corrected chi connectivity index (χ3v) is 4.58. The number of ether oxygens (including phenoxy) is 2. The van der Waals surface area contributed by atoms with E-state index in [0.717, 1.165) is 17.1 Å². The number of rotatable bonds is 11. The van der Waals surface area contributed by atoms with Gasteiger partial charge in [0.05, 0.1) is 6.54 Å². The van der Waals surface area contributed by atoms with Crippen molar-refractivity contribution in [3.63, 3.8) is 0 Å². The fourth-order valence-corrected chi connectivity index (χ4v) is 2.90. The number of carbonyl (C=O) groups is 5. The van der Waals surface area contributed by atoms with Gasteiger partial charge >= 0.3 is 0 Å². The van der Waals surface area contributed by atoms with Crippen LogP contribution in [0.1, 0.15) is 25.2 Å². The minimum atomic E-state index is -0.887. The van der Waals surface area contributed by atoms with Crippen LogP contribution in [0.5, 0.6) is 0 Å². The molecule has 0 unspecified atom stereocenters. The summed E-state index contributed by atoms with van der Waals surface area (Å²) in [6, 6.07) is 6.04. The lowest BCUT2D eigenvalue weighted by atomic mass is 10.1. The number of para-hydroxylation sites is 1. The molecule has 1 aliphatic rings. The Morgan fingerprint density at radius 3 is 2.25 bits per heavy atom. The fourth-order valence-electron chi connectivity index (χ4n) is 2.90. The normalized spacial score (nSPS) is 13.9. The van der Waals surface area contributed by atoms with Gasteiger partial charge in [-0.3, -0.25) is 28.9 Å². The number of hydrogen-bond acceptors (Lipinski definition) is 7. The first kappa shape index (κ1) is 24.7. The number of nitrogens with zero attached hydrogens (tertiary/aromatic N) is 1. The smallest absolute Gasteiger partial charge is 0.253 e. The highest BCUT2D eigenvalue weighted by Crippen LogP contribution is 2.25. The van der Waals surface area contributed by atoms with Crippen LogP contribution in [0.4, 0.5) is 5.69 Å². The zero-order valence-electron chi connectivity index (χ0n) is 18.0. The first-order chi connectivity index (χ1) is 15.3. The molecular formula is C21H26N4O7. The molecule has 1 heterocycles. The second-order valence-electron chi connectivity index (χ2n) is 6.86. The molecule has 5 amide bonds. The molecule has 0 saturated heterocycles. The molecule has 32 heavy (non-hydrogen) atoms. The van der Waals surface area contributed by atoms with Gasteiger partial charge in [-0.1, -0.05) is 18.2 Å². The minimum absolute atomic E-state index is 0.0831. The van der Waals surface area contributed by atoms with E-state index in [2.05, 4.69) is 16.0 Å². The van der Waals surface area contributed by atoms with Crippen molar-refractivity contribution in [2.75, 3.05) is 32.6 Å². The Labute approximate surface area is 185 Å². The van der Waals surface area contributed by atoms with Crippen molar-refractivity contribution in [1.29, 1.82) is 0 Å². The molecule has 0 fully saturated rings. The van der Waals surface area contributed by atoms with Crippen molar-refractivity contribution >= 4 is 35.2 Å². The Balaban J connectivity index is 1.79. The molecule has 172 valence electrons. The number of methoxy groups -OCH3 is 2. The van der Waals surface area contributed by atoms with Crippen molar-refractivity contribution in [2.24, 2.45) is 0 Å². The standard InChI is InChI=1S/C21H26N4O7/c1-13(20(30)24-15-7-5-4-6-14(15)21(31-2)32-3)23-17(27)12-22-16(26)10-11-25-18(28)8-9-19(25)29/h4-9,13,21H,10-12H2,1-3H3,(H,22,26)(H,23,27)(H,24,30)/t13-/m0/s1. The van der Waals surface area contributed by atoms with Crippen LogP contribution in [-0.2, 0) is 33.4 Å². The Bertz CT molecular complexity index is 893. The number of benzene rings is 1. The van der Waals surface area contributed by atoms with Crippen LogP contribution in [0, 0.1) is 0 Å². The Kier molecular flexibility index (Phi) is 9.05. The van der Waals surface area contributed by atoms with Crippen molar-refractivity contribution < 1.29 is 33.4 Å². The van der Waals surface area contributed by atoms with Gasteiger partial charge in [-0.05, 0) is 13.0 Å². The summed E-state index contributed by atoms with van der Waals surface area (Å²) in [5.74, 6) is -2.52. The monoisotopic (exact) mass is 446 g/mol. The third kappa shape index (κ3) is 6.72. The predicted molar refractivity (Wildman–Crippen MR) is 113 cm³/mol. The minimum Gasteiger partial charge on any atom is -0.352 e. The molecule has 0 aromatic heterocycles. The van der Waals surface area contributed by atoms with Crippen LogP contribution in [0.15, 0.2) is 36.4 Å². The molecule has 0 saturated carbocycles. The lowest BCUT2D eigenvalue weighted by Gasteiger charge is -2.20. The second-order valence-corrected chi connectivity index (χ2v) is 6.86. The van der Waals surface area contributed by atoms with Crippen molar-refractivity contribution in [3.8, 4) is 0 Å². The summed E-state index contributed by atoms with van der Waals surface area (Å²) in [4.78, 5) is 60.2. The van der Waals surface area contributed by atoms with Gasteiger partial charge < -0.3 is 25.4 Å². The molecule has 3 N–H and O–H groups in total. The zero-order chi connectivity index (χ0) is 23.7. The fraction of sp³-hybridized carbons (Fsp3) is 0.381. The van der Waals surface area contributed by atoms with Gasteiger partial charge in [0.25, 0.3) is 11.8 Å². The quantitative estimate of drug-likeness (QED) is 0.317. The zero-order valence-corrected chi connectivity index (χ0v) is 18.0. The number of amides is 5. The maximum atomic E-state index is 12.5. The molecule has 1 aromatic carbocycles. The average Bonchev–Trinajstić information content (AvgIpc) is 3.09. The summed E-state index contributed by atoms with van der Waals surface area (Å²) in [5, 5.41) is 7.58. The second kappa shape index (κ2) is 11.7. The van der Waals surface area contributed by atoms with Gasteiger partial charge in [0.2, 0.25) is 17.7 Å². The van der Waals surface area contributed by atoms with E-state index < -0.39 is 41.9 Å². The number of hydrogen-bond donors (Lipinski definition) is 3. The molecule has 1 aromatic rings. The van der Waals surface area contributed by atoms with Gasteiger partial charge in [-0.2, -0.15) is 0 Å². The highest BCUT2D eigenvalue weighted by Gasteiger charge is 2.24. The lowest BCUT2D eigenvalue weighted by Crippen LogP contribution is -2.46. The summed E-state index contributed by atoms with van der Waals surface area (Å²) in [5.41, 5.74) is 1.09. The third-order valence-electron chi connectivity index (χ3n) is 4.58. The van der Waals surface area contributed by atoms with Crippen molar-refractivity contribution in [3.05, 3.63) is 42.0 Å². The van der Waals surface area contributed by atoms with Crippen molar-refractivity contribution in [2.45, 2.75) is 25.7 Å². The first-order valence-corrected chi connectivity index (χ1v) is 9.81. The maximum absolute atomic E-state index is 12.5. The van der Waals surface area contributed by atoms with Gasteiger partial charge in [0.15, 0.2) is 6.29 Å². The first-order valence-electron chi connectivity index (χ1n) is 9.81. The predicted octanol–water partition coefficient (Wildman–Crippen LogP) is -0.147. The molecule has 0 bridgehead atoms. The van der Waals surface area contributed by atoms with E-state index in [4.69, 9.17) is 9.47 Å². The topological polar surface area (TPSA) is 143 Å². The average molecular weight is 446 g/mol. The molecule has 1 aliphatic heterocycles. The largest absolute Gasteiger partial charge is 0.352 e. The van der Waals surface area contributed by atoms with E-state index in [9.17, 15) is 24.0 Å². The van der Waals surface area contributed by atoms with E-state index >= 15 is 0 Å². The van der Waals surface area contributed by atoms with Crippen LogP contribution in [-0.4, -0.2) is 67.8 Å². The number of nitrogens with one attached hydrogen (secondary N) is 3. The highest BCUT2D eigenvalue weighted by molar-refractivity contribution is 6.13.